The second-order valence-electron chi connectivity index (χ2n) is 10.5. The number of aromatic nitrogens is 1. The highest BCUT2D eigenvalue weighted by atomic mass is 32.2. The summed E-state index contributed by atoms with van der Waals surface area (Å²) < 4.78 is 27.8. The largest absolute Gasteiger partial charge is 0.395 e. The van der Waals surface area contributed by atoms with Crippen LogP contribution in [-0.4, -0.2) is 78.2 Å². The summed E-state index contributed by atoms with van der Waals surface area (Å²) in [5.74, 6) is -0.0289. The molecule has 1 aliphatic rings. The number of hydrogen-bond donors (Lipinski definition) is 3. The molecule has 0 atom stereocenters. The molecular formula is C29H40N4O4S. The average Bonchev–Trinajstić information content (AvgIpc) is 3.33. The van der Waals surface area contributed by atoms with E-state index in [1.54, 1.807) is 4.31 Å². The Labute approximate surface area is 225 Å². The predicted octanol–water partition coefficient (Wildman–Crippen LogP) is 3.46. The Morgan fingerprint density at radius 3 is 2.47 bits per heavy atom. The van der Waals surface area contributed by atoms with Crippen LogP contribution in [0.5, 0.6) is 0 Å². The molecule has 1 saturated heterocycles. The Morgan fingerprint density at radius 1 is 1.13 bits per heavy atom. The first-order chi connectivity index (χ1) is 18.2. The Morgan fingerprint density at radius 2 is 1.84 bits per heavy atom. The molecule has 1 amide bonds. The fourth-order valence-corrected chi connectivity index (χ4v) is 7.09. The molecule has 0 radical (unpaired) electrons. The molecule has 4 N–H and O–H groups in total. The van der Waals surface area contributed by atoms with E-state index in [1.807, 2.05) is 30.5 Å². The highest BCUT2D eigenvalue weighted by Gasteiger charge is 2.30. The van der Waals surface area contributed by atoms with Gasteiger partial charge in [0.15, 0.2) is 0 Å². The summed E-state index contributed by atoms with van der Waals surface area (Å²) in [5.41, 5.74) is 10.6. The van der Waals surface area contributed by atoms with Gasteiger partial charge < -0.3 is 15.8 Å². The summed E-state index contributed by atoms with van der Waals surface area (Å²) in [7, 11) is -3.33. The van der Waals surface area contributed by atoms with Crippen LogP contribution in [0.1, 0.15) is 50.2 Å². The summed E-state index contributed by atoms with van der Waals surface area (Å²) in [6.07, 6.45) is 4.21. The Hall–Kier alpha value is -2.72. The first kappa shape index (κ1) is 28.3. The molecule has 2 heterocycles. The molecule has 3 aromatic rings. The van der Waals surface area contributed by atoms with Gasteiger partial charge in [0.25, 0.3) is 0 Å². The zero-order valence-corrected chi connectivity index (χ0v) is 23.2. The van der Waals surface area contributed by atoms with E-state index >= 15 is 0 Å². The average molecular weight is 541 g/mol. The van der Waals surface area contributed by atoms with Crippen molar-refractivity contribution >= 4 is 26.8 Å². The normalized spacial score (nSPS) is 15.6. The maximum absolute atomic E-state index is 13.1. The second-order valence-corrected chi connectivity index (χ2v) is 12.6. The molecule has 9 heteroatoms. The Bertz CT molecular complexity index is 1330. The minimum Gasteiger partial charge on any atom is -0.395 e. The summed E-state index contributed by atoms with van der Waals surface area (Å²) in [4.78, 5) is 17.3. The van der Waals surface area contributed by atoms with E-state index in [0.717, 1.165) is 46.0 Å². The number of carbonyl (C=O) groups excluding carboxylic acids is 1. The summed E-state index contributed by atoms with van der Waals surface area (Å²) in [5, 5.41) is 10.3. The number of nitrogens with zero attached hydrogens (tertiary/aromatic N) is 2. The van der Waals surface area contributed by atoms with Gasteiger partial charge in [0.1, 0.15) is 0 Å². The minimum atomic E-state index is -3.33. The maximum atomic E-state index is 13.1. The first-order valence-electron chi connectivity index (χ1n) is 13.5. The molecule has 0 aliphatic carbocycles. The van der Waals surface area contributed by atoms with Gasteiger partial charge in [-0.1, -0.05) is 30.3 Å². The lowest BCUT2D eigenvalue weighted by Crippen LogP contribution is -2.40. The van der Waals surface area contributed by atoms with E-state index in [2.05, 4.69) is 41.9 Å². The number of benzene rings is 2. The van der Waals surface area contributed by atoms with Gasteiger partial charge in [0.2, 0.25) is 15.9 Å². The van der Waals surface area contributed by atoms with Gasteiger partial charge >= 0.3 is 0 Å². The fourth-order valence-electron chi connectivity index (χ4n) is 5.57. The molecule has 1 aliphatic heterocycles. The number of amides is 1. The van der Waals surface area contributed by atoms with E-state index in [1.165, 1.54) is 0 Å². The van der Waals surface area contributed by atoms with Crippen LogP contribution in [0.2, 0.25) is 0 Å². The van der Waals surface area contributed by atoms with Crippen LogP contribution >= 0.6 is 0 Å². The molecule has 8 nitrogen and oxygen atoms in total. The smallest absolute Gasteiger partial charge is 0.221 e. The summed E-state index contributed by atoms with van der Waals surface area (Å²) >= 11 is 0. The number of nitrogens with two attached hydrogens (primary N) is 1. The van der Waals surface area contributed by atoms with Crippen LogP contribution in [0, 0.1) is 0 Å². The first-order valence-corrected chi connectivity index (χ1v) is 15.1. The Balaban J connectivity index is 1.48. The van der Waals surface area contributed by atoms with E-state index in [-0.39, 0.29) is 36.6 Å². The summed E-state index contributed by atoms with van der Waals surface area (Å²) in [6.45, 7) is 6.39. The fraction of sp³-hybridized carbons (Fsp3) is 0.483. The van der Waals surface area contributed by atoms with Crippen molar-refractivity contribution in [3.8, 4) is 11.1 Å². The zero-order chi connectivity index (χ0) is 27.3. The second kappa shape index (κ2) is 12.4. The van der Waals surface area contributed by atoms with Gasteiger partial charge in [-0.05, 0) is 80.0 Å². The van der Waals surface area contributed by atoms with Crippen molar-refractivity contribution in [2.75, 3.05) is 38.5 Å². The molecule has 0 saturated carbocycles. The van der Waals surface area contributed by atoms with Gasteiger partial charge in [0.05, 0.1) is 18.8 Å². The van der Waals surface area contributed by atoms with Crippen LogP contribution in [0.15, 0.2) is 48.7 Å². The topological polar surface area (TPSA) is 120 Å². The predicted molar refractivity (Wildman–Crippen MR) is 152 cm³/mol. The number of rotatable bonds is 12. The SMILES string of the molecule is CC(C)N(CCO)CCCS(=O)(=O)N1CCC(c2c[nH]c3c(CC(N)=O)cc(-c4ccccc4)cc23)CC1. The van der Waals surface area contributed by atoms with E-state index in [9.17, 15) is 18.3 Å². The third-order valence-electron chi connectivity index (χ3n) is 7.63. The number of primary amides is 1. The Kier molecular flexibility index (Phi) is 9.25. The van der Waals surface area contributed by atoms with Crippen LogP contribution in [0.25, 0.3) is 22.0 Å². The molecule has 2 aromatic carbocycles. The van der Waals surface area contributed by atoms with Gasteiger partial charge in [-0.25, -0.2) is 12.7 Å². The van der Waals surface area contributed by atoms with Gasteiger partial charge in [-0.2, -0.15) is 0 Å². The number of aliphatic hydroxyl groups excluding tert-OH is 1. The van der Waals surface area contributed by atoms with E-state index < -0.39 is 10.0 Å². The number of piperidine rings is 1. The van der Waals surface area contributed by atoms with E-state index in [4.69, 9.17) is 5.73 Å². The lowest BCUT2D eigenvalue weighted by Gasteiger charge is -2.32. The monoisotopic (exact) mass is 540 g/mol. The molecule has 206 valence electrons. The molecule has 0 bridgehead atoms. The molecule has 0 unspecified atom stereocenters. The lowest BCUT2D eigenvalue weighted by molar-refractivity contribution is -0.117. The van der Waals surface area contributed by atoms with Crippen molar-refractivity contribution in [2.24, 2.45) is 5.73 Å². The van der Waals surface area contributed by atoms with Crippen molar-refractivity contribution in [1.29, 1.82) is 0 Å². The number of H-pyrrole nitrogens is 1. The third kappa shape index (κ3) is 6.64. The number of aromatic amines is 1. The number of hydrogen-bond acceptors (Lipinski definition) is 5. The molecule has 38 heavy (non-hydrogen) atoms. The number of carbonyl (C=O) groups is 1. The van der Waals surface area contributed by atoms with Crippen LogP contribution in [0.4, 0.5) is 0 Å². The van der Waals surface area contributed by atoms with Crippen molar-refractivity contribution in [3.05, 3.63) is 59.8 Å². The zero-order valence-electron chi connectivity index (χ0n) is 22.4. The number of fused-ring (bicyclic) bond motifs is 1. The number of sulfonamides is 1. The molecular weight excluding hydrogens is 500 g/mol. The highest BCUT2D eigenvalue weighted by Crippen LogP contribution is 2.37. The highest BCUT2D eigenvalue weighted by molar-refractivity contribution is 7.89. The minimum absolute atomic E-state index is 0.0726. The summed E-state index contributed by atoms with van der Waals surface area (Å²) in [6, 6.07) is 14.5. The van der Waals surface area contributed by atoms with Crippen molar-refractivity contribution in [1.82, 2.24) is 14.2 Å². The van der Waals surface area contributed by atoms with Crippen LogP contribution in [0.3, 0.4) is 0 Å². The quantitative estimate of drug-likeness (QED) is 0.325. The number of nitrogens with one attached hydrogen (secondary N) is 1. The molecule has 1 aromatic heterocycles. The third-order valence-corrected chi connectivity index (χ3v) is 9.58. The van der Waals surface area contributed by atoms with Crippen molar-refractivity contribution in [2.45, 2.75) is 51.5 Å². The molecule has 0 spiro atoms. The molecule has 1 fully saturated rings. The van der Waals surface area contributed by atoms with Gasteiger partial charge in [0, 0.05) is 42.8 Å². The van der Waals surface area contributed by atoms with E-state index in [0.29, 0.717) is 32.6 Å². The van der Waals surface area contributed by atoms with Crippen molar-refractivity contribution in [3.63, 3.8) is 0 Å². The van der Waals surface area contributed by atoms with Crippen LogP contribution in [-0.2, 0) is 21.2 Å². The maximum Gasteiger partial charge on any atom is 0.221 e. The van der Waals surface area contributed by atoms with Crippen LogP contribution < -0.4 is 5.73 Å². The standard InChI is InChI=1S/C29H40N4O4S/c1-21(2)32(14-15-34)11-6-16-38(36,37)33-12-9-23(10-13-33)27-20-31-29-25(19-28(30)35)17-24(18-26(27)29)22-7-4-3-5-8-22/h3-5,7-8,17-18,20-21,23,31,34H,6,9-16,19H2,1-2H3,(H2,30,35). The van der Waals surface area contributed by atoms with Gasteiger partial charge in [-0.15, -0.1) is 0 Å². The van der Waals surface area contributed by atoms with Gasteiger partial charge in [-0.3, -0.25) is 9.69 Å². The molecule has 4 rings (SSSR count). The number of aliphatic hydroxyl groups is 1. The van der Waals surface area contributed by atoms with Crippen molar-refractivity contribution < 1.29 is 18.3 Å². The lowest BCUT2D eigenvalue weighted by atomic mass is 9.88.